The molecule has 1 saturated heterocycles. The number of ether oxygens (including phenoxy) is 1. The van der Waals surface area contributed by atoms with Crippen molar-refractivity contribution in [2.24, 2.45) is 0 Å². The van der Waals surface area contributed by atoms with Crippen molar-refractivity contribution in [1.29, 1.82) is 0 Å². The molecule has 1 aromatic heterocycles. The monoisotopic (exact) mass is 355 g/mol. The zero-order valence-corrected chi connectivity index (χ0v) is 14.6. The van der Waals surface area contributed by atoms with E-state index in [9.17, 15) is 4.79 Å². The molecular weight excluding hydrogens is 334 g/mol. The molecule has 0 N–H and O–H groups in total. The minimum Gasteiger partial charge on any atom is -0.444 e. The summed E-state index contributed by atoms with van der Waals surface area (Å²) in [5.41, 5.74) is 0.528. The van der Waals surface area contributed by atoms with Crippen LogP contribution in [-0.2, 0) is 4.74 Å². The number of hydrogen-bond acceptors (Lipinski definition) is 4. The first-order chi connectivity index (χ1) is 9.76. The van der Waals surface area contributed by atoms with E-state index in [1.54, 1.807) is 4.90 Å². The zero-order valence-electron chi connectivity index (χ0n) is 13.0. The molecule has 116 valence electrons. The molecule has 5 nitrogen and oxygen atoms in total. The molecule has 21 heavy (non-hydrogen) atoms. The second-order valence-electron chi connectivity index (χ2n) is 6.19. The van der Waals surface area contributed by atoms with Gasteiger partial charge in [0.2, 0.25) is 0 Å². The molecule has 0 spiro atoms. The third-order valence-corrected chi connectivity index (χ3v) is 4.10. The van der Waals surface area contributed by atoms with Gasteiger partial charge in [-0.2, -0.15) is 0 Å². The second-order valence-corrected chi connectivity index (χ2v) is 7.05. The fourth-order valence-electron chi connectivity index (χ4n) is 2.15. The molecule has 0 radical (unpaired) electrons. The maximum absolute atomic E-state index is 12.0. The van der Waals surface area contributed by atoms with Crippen molar-refractivity contribution >= 4 is 27.8 Å². The van der Waals surface area contributed by atoms with Crippen LogP contribution in [0.2, 0.25) is 0 Å². The Morgan fingerprint density at radius 1 is 1.24 bits per heavy atom. The van der Waals surface area contributed by atoms with E-state index in [0.29, 0.717) is 13.1 Å². The first kappa shape index (κ1) is 16.1. The fourth-order valence-corrected chi connectivity index (χ4v) is 2.37. The van der Waals surface area contributed by atoms with Crippen LogP contribution in [0.3, 0.4) is 0 Å². The summed E-state index contributed by atoms with van der Waals surface area (Å²) in [5, 5.41) is 0. The zero-order chi connectivity index (χ0) is 15.6. The van der Waals surface area contributed by atoms with Crippen molar-refractivity contribution in [3.05, 3.63) is 22.3 Å². The van der Waals surface area contributed by atoms with Gasteiger partial charge in [0.1, 0.15) is 11.4 Å². The van der Waals surface area contributed by atoms with Crippen LogP contribution in [-0.4, -0.2) is 47.8 Å². The van der Waals surface area contributed by atoms with E-state index < -0.39 is 5.60 Å². The first-order valence-electron chi connectivity index (χ1n) is 7.12. The maximum Gasteiger partial charge on any atom is 0.410 e. The molecule has 0 atom stereocenters. The van der Waals surface area contributed by atoms with Gasteiger partial charge in [0.25, 0.3) is 0 Å². The van der Waals surface area contributed by atoms with Crippen LogP contribution in [0.5, 0.6) is 0 Å². The number of carbonyl (C=O) groups excluding carboxylic acids is 1. The summed E-state index contributed by atoms with van der Waals surface area (Å²) in [4.78, 5) is 20.5. The highest BCUT2D eigenvalue weighted by Gasteiger charge is 2.26. The molecule has 1 aliphatic heterocycles. The Labute approximate surface area is 134 Å². The number of aryl methyl sites for hydroxylation is 1. The predicted octanol–water partition coefficient (Wildman–Crippen LogP) is 3.21. The van der Waals surface area contributed by atoms with Crippen LogP contribution in [0.25, 0.3) is 0 Å². The molecule has 0 bridgehead atoms. The first-order valence-corrected chi connectivity index (χ1v) is 7.91. The molecule has 1 aliphatic rings. The number of anilines is 1. The number of piperazine rings is 1. The van der Waals surface area contributed by atoms with Crippen molar-refractivity contribution in [3.8, 4) is 0 Å². The standard InChI is InChI=1S/C15H22BrN3O2/c1-11-12(16)5-6-13(17-11)18-7-9-19(10-8-18)14(20)21-15(2,3)4/h5-6H,7-10H2,1-4H3. The number of nitrogens with zero attached hydrogens (tertiary/aromatic N) is 3. The molecular formula is C15H22BrN3O2. The Kier molecular flexibility index (Phi) is 4.76. The normalized spacial score (nSPS) is 16.0. The van der Waals surface area contributed by atoms with Crippen molar-refractivity contribution in [2.45, 2.75) is 33.3 Å². The molecule has 1 amide bonds. The molecule has 1 aromatic rings. The number of hydrogen-bond donors (Lipinski definition) is 0. The fraction of sp³-hybridized carbons (Fsp3) is 0.600. The van der Waals surface area contributed by atoms with Gasteiger partial charge >= 0.3 is 6.09 Å². The Hall–Kier alpha value is -1.30. The lowest BCUT2D eigenvalue weighted by Gasteiger charge is -2.36. The van der Waals surface area contributed by atoms with E-state index in [1.807, 2.05) is 39.8 Å². The van der Waals surface area contributed by atoms with Crippen LogP contribution in [0.4, 0.5) is 10.6 Å². The summed E-state index contributed by atoms with van der Waals surface area (Å²) in [5.74, 6) is 0.958. The van der Waals surface area contributed by atoms with Crippen LogP contribution in [0.1, 0.15) is 26.5 Å². The summed E-state index contributed by atoms with van der Waals surface area (Å²) in [6.45, 7) is 10.5. The van der Waals surface area contributed by atoms with Crippen molar-refractivity contribution in [3.63, 3.8) is 0 Å². The van der Waals surface area contributed by atoms with Gasteiger partial charge < -0.3 is 14.5 Å². The summed E-state index contributed by atoms with van der Waals surface area (Å²) >= 11 is 3.46. The number of amides is 1. The topological polar surface area (TPSA) is 45.7 Å². The van der Waals surface area contributed by atoms with Crippen LogP contribution in [0.15, 0.2) is 16.6 Å². The van der Waals surface area contributed by atoms with Crippen LogP contribution in [0, 0.1) is 6.92 Å². The van der Waals surface area contributed by atoms with Gasteiger partial charge in [-0.25, -0.2) is 9.78 Å². The lowest BCUT2D eigenvalue weighted by atomic mass is 10.2. The van der Waals surface area contributed by atoms with Crippen LogP contribution >= 0.6 is 15.9 Å². The number of carbonyl (C=O) groups is 1. The minimum atomic E-state index is -0.446. The Morgan fingerprint density at radius 2 is 1.86 bits per heavy atom. The second kappa shape index (κ2) is 6.22. The maximum atomic E-state index is 12.0. The molecule has 2 heterocycles. The van der Waals surface area contributed by atoms with E-state index in [-0.39, 0.29) is 6.09 Å². The van der Waals surface area contributed by atoms with E-state index in [2.05, 4.69) is 25.8 Å². The highest BCUT2D eigenvalue weighted by Crippen LogP contribution is 2.20. The largest absolute Gasteiger partial charge is 0.444 e. The number of halogens is 1. The molecule has 0 unspecified atom stereocenters. The molecule has 1 fully saturated rings. The lowest BCUT2D eigenvalue weighted by Crippen LogP contribution is -2.50. The molecule has 6 heteroatoms. The van der Waals surface area contributed by atoms with E-state index in [4.69, 9.17) is 4.74 Å². The third kappa shape index (κ3) is 4.33. The average Bonchev–Trinajstić information content (AvgIpc) is 2.40. The number of pyridine rings is 1. The summed E-state index contributed by atoms with van der Waals surface area (Å²) in [6.07, 6.45) is -0.234. The molecule has 0 aliphatic carbocycles. The smallest absolute Gasteiger partial charge is 0.410 e. The van der Waals surface area contributed by atoms with Gasteiger partial charge in [0.15, 0.2) is 0 Å². The van der Waals surface area contributed by atoms with Gasteiger partial charge in [-0.1, -0.05) is 0 Å². The van der Waals surface area contributed by atoms with Gasteiger partial charge in [0, 0.05) is 30.7 Å². The highest BCUT2D eigenvalue weighted by molar-refractivity contribution is 9.10. The summed E-state index contributed by atoms with van der Waals surface area (Å²) < 4.78 is 6.41. The highest BCUT2D eigenvalue weighted by atomic mass is 79.9. The van der Waals surface area contributed by atoms with Gasteiger partial charge in [-0.05, 0) is 55.8 Å². The quantitative estimate of drug-likeness (QED) is 0.775. The minimum absolute atomic E-state index is 0.234. The van der Waals surface area contributed by atoms with Gasteiger partial charge in [-0.15, -0.1) is 0 Å². The van der Waals surface area contributed by atoms with Crippen molar-refractivity contribution < 1.29 is 9.53 Å². The van der Waals surface area contributed by atoms with Crippen LogP contribution < -0.4 is 4.90 Å². The van der Waals surface area contributed by atoms with E-state index >= 15 is 0 Å². The molecule has 0 saturated carbocycles. The number of rotatable bonds is 1. The van der Waals surface area contributed by atoms with E-state index in [1.165, 1.54) is 0 Å². The number of aromatic nitrogens is 1. The van der Waals surface area contributed by atoms with Crippen molar-refractivity contribution in [2.75, 3.05) is 31.1 Å². The van der Waals surface area contributed by atoms with Gasteiger partial charge in [0.05, 0.1) is 5.69 Å². The SMILES string of the molecule is Cc1nc(N2CCN(C(=O)OC(C)(C)C)CC2)ccc1Br. The van der Waals surface area contributed by atoms with E-state index in [0.717, 1.165) is 29.1 Å². The Morgan fingerprint density at radius 3 is 2.38 bits per heavy atom. The summed E-state index contributed by atoms with van der Waals surface area (Å²) in [6, 6.07) is 4.01. The molecule has 0 aromatic carbocycles. The third-order valence-electron chi connectivity index (χ3n) is 3.26. The lowest BCUT2D eigenvalue weighted by molar-refractivity contribution is 0.0240. The summed E-state index contributed by atoms with van der Waals surface area (Å²) in [7, 11) is 0. The predicted molar refractivity (Wildman–Crippen MR) is 86.7 cm³/mol. The van der Waals surface area contributed by atoms with Crippen molar-refractivity contribution in [1.82, 2.24) is 9.88 Å². The molecule has 2 rings (SSSR count). The van der Waals surface area contributed by atoms with Gasteiger partial charge in [-0.3, -0.25) is 0 Å². The Balaban J connectivity index is 1.94. The average molecular weight is 356 g/mol. The Bertz CT molecular complexity index is 520.